The first-order chi connectivity index (χ1) is 17.3. The van der Waals surface area contributed by atoms with Gasteiger partial charge in [-0.25, -0.2) is 9.97 Å². The molecule has 1 aromatic heterocycles. The van der Waals surface area contributed by atoms with Gasteiger partial charge in [0.05, 0.1) is 5.60 Å². The topological polar surface area (TPSA) is 67.8 Å². The van der Waals surface area contributed by atoms with Crippen LogP contribution in [0.1, 0.15) is 78.0 Å². The zero-order chi connectivity index (χ0) is 27.7. The Labute approximate surface area is 238 Å². The number of piperidine rings is 1. The third kappa shape index (κ3) is 11.3. The SMILES string of the molecule is CC(C)(C)O[C-]=O.[CH2-]COC([CH2-])CCN(C)c1cc(N2CCCC3(CCCCC3)C2)nc(C(F)(F)F)n1.[Li+]. The van der Waals surface area contributed by atoms with Gasteiger partial charge in [0.25, 0.3) is 0 Å². The molecule has 2 aliphatic rings. The van der Waals surface area contributed by atoms with Crippen molar-refractivity contribution in [2.45, 2.75) is 90.0 Å². The Morgan fingerprint density at radius 1 is 1.16 bits per heavy atom. The molecule has 7 nitrogen and oxygen atoms in total. The largest absolute Gasteiger partial charge is 1.00 e. The van der Waals surface area contributed by atoms with Crippen LogP contribution in [0.3, 0.4) is 0 Å². The van der Waals surface area contributed by atoms with Crippen LogP contribution in [0.5, 0.6) is 0 Å². The second kappa shape index (κ2) is 15.3. The van der Waals surface area contributed by atoms with Crippen molar-refractivity contribution in [3.8, 4) is 0 Å². The molecule has 1 aliphatic carbocycles. The maximum Gasteiger partial charge on any atom is 1.00 e. The predicted molar refractivity (Wildman–Crippen MR) is 139 cm³/mol. The second-order valence-corrected chi connectivity index (χ2v) is 11.0. The maximum absolute atomic E-state index is 13.5. The van der Waals surface area contributed by atoms with Gasteiger partial charge in [0.15, 0.2) is 0 Å². The molecule has 1 spiro atoms. The Morgan fingerprint density at radius 3 is 2.32 bits per heavy atom. The summed E-state index contributed by atoms with van der Waals surface area (Å²) in [7, 11) is 1.74. The van der Waals surface area contributed by atoms with E-state index in [4.69, 9.17) is 4.74 Å². The van der Waals surface area contributed by atoms with E-state index < -0.39 is 12.0 Å². The number of hydrogen-bond donors (Lipinski definition) is 0. The van der Waals surface area contributed by atoms with Gasteiger partial charge in [-0.3, -0.25) is 0 Å². The van der Waals surface area contributed by atoms with Crippen molar-refractivity contribution in [2.75, 3.05) is 43.1 Å². The quantitative estimate of drug-likeness (QED) is 0.375. The van der Waals surface area contributed by atoms with Crippen LogP contribution in [0, 0.1) is 19.3 Å². The third-order valence-electron chi connectivity index (χ3n) is 6.73. The van der Waals surface area contributed by atoms with Crippen molar-refractivity contribution < 1.29 is 46.3 Å². The van der Waals surface area contributed by atoms with E-state index in [1.807, 2.05) is 4.90 Å². The van der Waals surface area contributed by atoms with Gasteiger partial charge in [0.2, 0.25) is 5.82 Å². The van der Waals surface area contributed by atoms with Gasteiger partial charge in [-0.05, 0) is 58.3 Å². The molecule has 0 bridgehead atoms. The molecule has 11 heteroatoms. The van der Waals surface area contributed by atoms with E-state index in [-0.39, 0.29) is 41.8 Å². The molecule has 0 aromatic carbocycles. The van der Waals surface area contributed by atoms with Crippen molar-refractivity contribution in [3.05, 3.63) is 25.7 Å². The number of alkyl halides is 3. The molecular weight excluding hydrogens is 492 g/mol. The summed E-state index contributed by atoms with van der Waals surface area (Å²) in [5.41, 5.74) is -0.152. The second-order valence-electron chi connectivity index (χ2n) is 11.0. The van der Waals surface area contributed by atoms with E-state index >= 15 is 0 Å². The van der Waals surface area contributed by atoms with Gasteiger partial charge in [-0.15, -0.1) is 0 Å². The molecule has 0 radical (unpaired) electrons. The molecule has 3 rings (SSSR count). The van der Waals surface area contributed by atoms with E-state index in [0.717, 1.165) is 38.8 Å². The minimum absolute atomic E-state index is 0. The van der Waals surface area contributed by atoms with Crippen LogP contribution in [0.2, 0.25) is 0 Å². The minimum atomic E-state index is -4.59. The molecule has 1 atom stereocenters. The van der Waals surface area contributed by atoms with Crippen LogP contribution >= 0.6 is 0 Å². The normalized spacial score (nSPS) is 18.1. The van der Waals surface area contributed by atoms with Crippen molar-refractivity contribution in [2.24, 2.45) is 5.41 Å². The molecule has 1 aromatic rings. The number of rotatable bonds is 8. The Kier molecular flexibility index (Phi) is 13.9. The number of anilines is 2. The standard InChI is InChI=1S/C22H33F3N4O.C5H9O2.Li/c1-4-30-17(2)9-14-28(3)18-15-19(27-20(26-18)22(23,24)25)29-13-8-12-21(16-29)10-6-5-7-11-21;1-5(2,3)7-4-6;/h15,17H,1-2,4-14,16H2,3H3;1-3H3;/q-2;-1;+1. The molecule has 1 saturated heterocycles. The summed E-state index contributed by atoms with van der Waals surface area (Å²) in [5, 5.41) is 0. The van der Waals surface area contributed by atoms with E-state index in [0.29, 0.717) is 25.4 Å². The first-order valence-corrected chi connectivity index (χ1v) is 13.0. The van der Waals surface area contributed by atoms with Gasteiger partial charge in [-0.2, -0.15) is 13.2 Å². The van der Waals surface area contributed by atoms with Gasteiger partial charge in [-0.1, -0.05) is 38.4 Å². The zero-order valence-corrected chi connectivity index (χ0v) is 23.7. The number of nitrogens with zero attached hydrogens (tertiary/aromatic N) is 4. The first kappa shape index (κ1) is 34.5. The molecule has 1 unspecified atom stereocenters. The Morgan fingerprint density at radius 2 is 1.79 bits per heavy atom. The first-order valence-electron chi connectivity index (χ1n) is 13.0. The third-order valence-corrected chi connectivity index (χ3v) is 6.73. The Balaban J connectivity index is 0.000000797. The van der Waals surface area contributed by atoms with Crippen molar-refractivity contribution in [1.29, 1.82) is 0 Å². The molecule has 2 heterocycles. The summed E-state index contributed by atoms with van der Waals surface area (Å²) in [6, 6.07) is 1.69. The number of carbonyl (C=O) groups excluding carboxylic acids is 1. The summed E-state index contributed by atoms with van der Waals surface area (Å²) in [5.74, 6) is -0.424. The average molecular weight is 535 g/mol. The zero-order valence-electron chi connectivity index (χ0n) is 23.7. The van der Waals surface area contributed by atoms with Crippen LogP contribution in [0.25, 0.3) is 0 Å². The summed E-state index contributed by atoms with van der Waals surface area (Å²) in [4.78, 5) is 21.0. The number of hydrogen-bond acceptors (Lipinski definition) is 7. The van der Waals surface area contributed by atoms with Gasteiger partial charge in [0, 0.05) is 32.7 Å². The summed E-state index contributed by atoms with van der Waals surface area (Å²) in [6.07, 6.45) is 3.86. The summed E-state index contributed by atoms with van der Waals surface area (Å²) >= 11 is 0. The molecule has 0 N–H and O–H groups in total. The van der Waals surface area contributed by atoms with E-state index in [1.165, 1.54) is 25.7 Å². The molecule has 38 heavy (non-hydrogen) atoms. The van der Waals surface area contributed by atoms with E-state index in [1.54, 1.807) is 38.8 Å². The van der Waals surface area contributed by atoms with Crippen LogP contribution in [0.15, 0.2) is 6.07 Å². The predicted octanol–water partition coefficient (Wildman–Crippen LogP) is 2.80. The number of aromatic nitrogens is 2. The van der Waals surface area contributed by atoms with Gasteiger partial charge >= 0.3 is 25.0 Å². The van der Waals surface area contributed by atoms with Crippen LogP contribution in [0.4, 0.5) is 24.8 Å². The summed E-state index contributed by atoms with van der Waals surface area (Å²) < 4.78 is 50.4. The van der Waals surface area contributed by atoms with Gasteiger partial charge < -0.3 is 37.9 Å². The number of halogens is 3. The fourth-order valence-corrected chi connectivity index (χ4v) is 4.85. The number of ether oxygens (including phenoxy) is 2. The van der Waals surface area contributed by atoms with Crippen molar-refractivity contribution >= 4 is 18.1 Å². The molecule has 1 saturated carbocycles. The average Bonchev–Trinajstić information content (AvgIpc) is 2.82. The van der Waals surface area contributed by atoms with Crippen LogP contribution in [-0.4, -0.2) is 61.4 Å². The molecule has 1 aliphatic heterocycles. The van der Waals surface area contributed by atoms with E-state index in [9.17, 15) is 18.0 Å². The molecule has 0 amide bonds. The fraction of sp³-hybridized carbons (Fsp3) is 0.741. The summed E-state index contributed by atoms with van der Waals surface area (Å²) in [6.45, 7) is 16.5. The minimum Gasteiger partial charge on any atom is -0.649 e. The van der Waals surface area contributed by atoms with Crippen LogP contribution < -0.4 is 28.7 Å². The van der Waals surface area contributed by atoms with E-state index in [2.05, 4.69) is 28.6 Å². The fourth-order valence-electron chi connectivity index (χ4n) is 4.85. The molecule has 2 fully saturated rings. The smallest absolute Gasteiger partial charge is 0.649 e. The Bertz CT molecular complexity index is 840. The van der Waals surface area contributed by atoms with Crippen molar-refractivity contribution in [3.63, 3.8) is 0 Å². The maximum atomic E-state index is 13.5. The van der Waals surface area contributed by atoms with Gasteiger partial charge in [0.1, 0.15) is 11.6 Å². The van der Waals surface area contributed by atoms with Crippen LogP contribution in [-0.2, 0) is 20.4 Å². The molecular formula is C27H42F3LiN4O3-2. The molecule has 212 valence electrons. The monoisotopic (exact) mass is 534 g/mol. The Hall–Kier alpha value is -1.50. The van der Waals surface area contributed by atoms with Crippen molar-refractivity contribution in [1.82, 2.24) is 9.97 Å².